The van der Waals surface area contributed by atoms with Crippen LogP contribution in [0.25, 0.3) is 0 Å². The number of methoxy groups -OCH3 is 1. The van der Waals surface area contributed by atoms with Crippen LogP contribution in [0.5, 0.6) is 0 Å². The Morgan fingerprint density at radius 2 is 2.56 bits per heavy atom. The largest absolute Gasteiger partial charge is 0.465 e. The quantitative estimate of drug-likeness (QED) is 0.407. The Kier molecular flexibility index (Phi) is 3.71. The maximum Gasteiger partial charge on any atom is 0.364 e. The lowest BCUT2D eigenvalue weighted by atomic mass is 10.2. The zero-order valence-electron chi connectivity index (χ0n) is 5.59. The molecule has 0 aromatic heterocycles. The van der Waals surface area contributed by atoms with Crippen LogP contribution in [0.2, 0.25) is 0 Å². The number of ether oxygens (including phenoxy) is 1. The summed E-state index contributed by atoms with van der Waals surface area (Å²) in [6.07, 6.45) is 2.22. The molecule has 0 aliphatic rings. The summed E-state index contributed by atoms with van der Waals surface area (Å²) in [5, 5.41) is 0. The molecular formula is C6H12NO2+. The Labute approximate surface area is 54.5 Å². The normalized spacial score (nSPS) is 12.2. The van der Waals surface area contributed by atoms with Crippen LogP contribution in [0.1, 0.15) is 6.42 Å². The first kappa shape index (κ1) is 8.17. The van der Waals surface area contributed by atoms with E-state index in [2.05, 4.69) is 17.0 Å². The minimum Gasteiger partial charge on any atom is -0.465 e. The number of hydrogen-bond acceptors (Lipinski definition) is 2. The topological polar surface area (TPSA) is 53.9 Å². The molecule has 0 amide bonds. The van der Waals surface area contributed by atoms with Gasteiger partial charge in [0.25, 0.3) is 0 Å². The van der Waals surface area contributed by atoms with E-state index in [4.69, 9.17) is 0 Å². The average Bonchev–Trinajstić information content (AvgIpc) is 1.87. The van der Waals surface area contributed by atoms with Gasteiger partial charge in [0, 0.05) is 6.42 Å². The predicted molar refractivity (Wildman–Crippen MR) is 33.5 cm³/mol. The lowest BCUT2D eigenvalue weighted by molar-refractivity contribution is -0.406. The van der Waals surface area contributed by atoms with E-state index < -0.39 is 0 Å². The van der Waals surface area contributed by atoms with Gasteiger partial charge in [0.2, 0.25) is 0 Å². The summed E-state index contributed by atoms with van der Waals surface area (Å²) in [4.78, 5) is 10.6. The van der Waals surface area contributed by atoms with Crippen molar-refractivity contribution in [2.45, 2.75) is 12.5 Å². The van der Waals surface area contributed by atoms with Crippen molar-refractivity contribution in [3.05, 3.63) is 12.7 Å². The van der Waals surface area contributed by atoms with Crippen LogP contribution in [0, 0.1) is 0 Å². The highest BCUT2D eigenvalue weighted by Crippen LogP contribution is 1.87. The van der Waals surface area contributed by atoms with Crippen LogP contribution in [0.15, 0.2) is 12.7 Å². The summed E-state index contributed by atoms with van der Waals surface area (Å²) in [6.45, 7) is 3.47. The highest BCUT2D eigenvalue weighted by Gasteiger charge is 2.14. The van der Waals surface area contributed by atoms with Crippen molar-refractivity contribution < 1.29 is 15.3 Å². The lowest BCUT2D eigenvalue weighted by Crippen LogP contribution is -2.64. The second kappa shape index (κ2) is 4.09. The first-order valence-electron chi connectivity index (χ1n) is 2.74. The van der Waals surface area contributed by atoms with Crippen LogP contribution in [-0.4, -0.2) is 19.1 Å². The number of hydrogen-bond donors (Lipinski definition) is 1. The molecule has 3 N–H and O–H groups in total. The average molecular weight is 130 g/mol. The summed E-state index contributed by atoms with van der Waals surface area (Å²) in [6, 6.07) is -0.299. The molecule has 0 fully saturated rings. The summed E-state index contributed by atoms with van der Waals surface area (Å²) in [5.41, 5.74) is 3.55. The lowest BCUT2D eigenvalue weighted by Gasteiger charge is -2.00. The number of carbonyl (C=O) groups is 1. The number of carbonyl (C=O) groups excluding carboxylic acids is 1. The van der Waals surface area contributed by atoms with Gasteiger partial charge in [0.05, 0.1) is 7.11 Å². The van der Waals surface area contributed by atoms with E-state index in [0.29, 0.717) is 6.42 Å². The van der Waals surface area contributed by atoms with Crippen molar-refractivity contribution in [1.82, 2.24) is 0 Å². The predicted octanol–water partition coefficient (Wildman–Crippen LogP) is -0.654. The molecule has 1 atom stereocenters. The van der Waals surface area contributed by atoms with E-state index in [1.54, 1.807) is 6.08 Å². The Morgan fingerprint density at radius 1 is 2.00 bits per heavy atom. The van der Waals surface area contributed by atoms with Crippen LogP contribution < -0.4 is 5.73 Å². The van der Waals surface area contributed by atoms with Gasteiger partial charge in [0.1, 0.15) is 0 Å². The van der Waals surface area contributed by atoms with Crippen molar-refractivity contribution >= 4 is 5.97 Å². The Hall–Kier alpha value is -0.830. The third kappa shape index (κ3) is 2.87. The molecule has 0 heterocycles. The van der Waals surface area contributed by atoms with Gasteiger partial charge < -0.3 is 10.5 Å². The molecule has 9 heavy (non-hydrogen) atoms. The van der Waals surface area contributed by atoms with Gasteiger partial charge in [0.15, 0.2) is 6.04 Å². The van der Waals surface area contributed by atoms with E-state index >= 15 is 0 Å². The molecule has 3 heteroatoms. The molecule has 0 radical (unpaired) electrons. The molecule has 3 nitrogen and oxygen atoms in total. The highest BCUT2D eigenvalue weighted by atomic mass is 16.5. The van der Waals surface area contributed by atoms with Crippen molar-refractivity contribution in [2.75, 3.05) is 7.11 Å². The van der Waals surface area contributed by atoms with E-state index in [1.807, 2.05) is 0 Å². The minimum absolute atomic E-state index is 0.282. The number of rotatable bonds is 3. The SMILES string of the molecule is C=CCC([NH3+])C(=O)OC. The van der Waals surface area contributed by atoms with Crippen LogP contribution >= 0.6 is 0 Å². The highest BCUT2D eigenvalue weighted by molar-refractivity contribution is 5.73. The second-order valence-electron chi connectivity index (χ2n) is 1.74. The molecule has 0 saturated heterocycles. The summed E-state index contributed by atoms with van der Waals surface area (Å²) >= 11 is 0. The maximum atomic E-state index is 10.6. The van der Waals surface area contributed by atoms with Gasteiger partial charge in [-0.2, -0.15) is 0 Å². The molecule has 0 spiro atoms. The molecule has 1 unspecified atom stereocenters. The smallest absolute Gasteiger partial charge is 0.364 e. The first-order valence-corrected chi connectivity index (χ1v) is 2.74. The molecule has 0 aliphatic heterocycles. The van der Waals surface area contributed by atoms with Crippen LogP contribution in [0.4, 0.5) is 0 Å². The fraction of sp³-hybridized carbons (Fsp3) is 0.500. The van der Waals surface area contributed by atoms with Crippen LogP contribution in [0.3, 0.4) is 0 Å². The number of quaternary nitrogens is 1. The fourth-order valence-corrected chi connectivity index (χ4v) is 0.464. The van der Waals surface area contributed by atoms with Crippen LogP contribution in [-0.2, 0) is 9.53 Å². The molecule has 0 rings (SSSR count). The van der Waals surface area contributed by atoms with E-state index in [9.17, 15) is 4.79 Å². The van der Waals surface area contributed by atoms with Gasteiger partial charge in [-0.15, -0.1) is 6.58 Å². The molecule has 0 bridgehead atoms. The zero-order chi connectivity index (χ0) is 7.28. The van der Waals surface area contributed by atoms with Crippen molar-refractivity contribution in [3.8, 4) is 0 Å². The zero-order valence-corrected chi connectivity index (χ0v) is 5.59. The molecule has 52 valence electrons. The van der Waals surface area contributed by atoms with Gasteiger partial charge in [-0.1, -0.05) is 6.08 Å². The summed E-state index contributed by atoms with van der Waals surface area (Å²) in [5.74, 6) is -0.282. The first-order chi connectivity index (χ1) is 4.22. The van der Waals surface area contributed by atoms with E-state index in [1.165, 1.54) is 7.11 Å². The molecule has 0 saturated carbocycles. The molecule has 0 aromatic rings. The summed E-state index contributed by atoms with van der Waals surface area (Å²) < 4.78 is 4.42. The fourth-order valence-electron chi connectivity index (χ4n) is 0.464. The second-order valence-corrected chi connectivity index (χ2v) is 1.74. The third-order valence-corrected chi connectivity index (χ3v) is 0.986. The van der Waals surface area contributed by atoms with Gasteiger partial charge in [-0.05, 0) is 0 Å². The van der Waals surface area contributed by atoms with Crippen molar-refractivity contribution in [2.24, 2.45) is 0 Å². The monoisotopic (exact) mass is 130 g/mol. The van der Waals surface area contributed by atoms with Gasteiger partial charge in [-0.3, -0.25) is 0 Å². The standard InChI is InChI=1S/C6H11NO2/c1-3-4-5(7)6(8)9-2/h3,5H,1,4,7H2,2H3/p+1. The summed E-state index contributed by atoms with van der Waals surface area (Å²) in [7, 11) is 1.35. The Bertz CT molecular complexity index is 112. The van der Waals surface area contributed by atoms with Gasteiger partial charge in [-0.25, -0.2) is 4.79 Å². The molecule has 0 aromatic carbocycles. The molecule has 0 aliphatic carbocycles. The minimum atomic E-state index is -0.299. The van der Waals surface area contributed by atoms with E-state index in [0.717, 1.165) is 0 Å². The maximum absolute atomic E-state index is 10.6. The van der Waals surface area contributed by atoms with Crippen molar-refractivity contribution in [1.29, 1.82) is 0 Å². The molecular weight excluding hydrogens is 118 g/mol. The Balaban J connectivity index is 3.58. The Morgan fingerprint density at radius 3 is 2.89 bits per heavy atom. The van der Waals surface area contributed by atoms with E-state index in [-0.39, 0.29) is 12.0 Å². The van der Waals surface area contributed by atoms with Crippen molar-refractivity contribution in [3.63, 3.8) is 0 Å². The third-order valence-electron chi connectivity index (χ3n) is 0.986. The van der Waals surface area contributed by atoms with Gasteiger partial charge >= 0.3 is 5.97 Å². The number of esters is 1.